The minimum atomic E-state index is -0.990. The van der Waals surface area contributed by atoms with Crippen LogP contribution in [-0.2, 0) is 11.2 Å². The molecule has 4 rings (SSSR count). The SMILES string of the molecule is O=C([O-])CSCCCCCOc1ccc(C2=C(c3ccccc3)CCCc3ccccc32)cc1. The van der Waals surface area contributed by atoms with Crippen LogP contribution in [0.1, 0.15) is 54.4 Å². The maximum Gasteiger partial charge on any atom is 0.119 e. The van der Waals surface area contributed by atoms with Crippen molar-refractivity contribution in [1.29, 1.82) is 0 Å². The lowest BCUT2D eigenvalue weighted by molar-refractivity contribution is -0.301. The Morgan fingerprint density at radius 1 is 0.824 bits per heavy atom. The number of carbonyl (C=O) groups is 1. The zero-order valence-electron chi connectivity index (χ0n) is 19.5. The quantitative estimate of drug-likeness (QED) is 0.321. The van der Waals surface area contributed by atoms with E-state index in [0.717, 1.165) is 50.0 Å². The van der Waals surface area contributed by atoms with Gasteiger partial charge in [-0.15, -0.1) is 0 Å². The predicted molar refractivity (Wildman–Crippen MR) is 140 cm³/mol. The molecule has 0 amide bonds. The van der Waals surface area contributed by atoms with E-state index in [1.807, 2.05) is 0 Å². The molecule has 0 bridgehead atoms. The number of carboxylic acid groups (broad SMARTS) is 1. The average molecular weight is 472 g/mol. The molecule has 0 aliphatic heterocycles. The van der Waals surface area contributed by atoms with E-state index >= 15 is 0 Å². The van der Waals surface area contributed by atoms with Gasteiger partial charge in [-0.25, -0.2) is 0 Å². The van der Waals surface area contributed by atoms with E-state index in [1.54, 1.807) is 0 Å². The molecule has 176 valence electrons. The van der Waals surface area contributed by atoms with Crippen molar-refractivity contribution in [2.24, 2.45) is 0 Å². The summed E-state index contributed by atoms with van der Waals surface area (Å²) in [6.07, 6.45) is 6.30. The van der Waals surface area contributed by atoms with Gasteiger partial charge in [0.05, 0.1) is 12.6 Å². The van der Waals surface area contributed by atoms with Crippen molar-refractivity contribution in [2.45, 2.75) is 38.5 Å². The Bertz CT molecular complexity index is 1100. The number of carboxylic acids is 1. The third-order valence-electron chi connectivity index (χ3n) is 6.15. The van der Waals surface area contributed by atoms with Gasteiger partial charge in [0.15, 0.2) is 0 Å². The number of allylic oxidation sites excluding steroid dienone is 1. The number of benzene rings is 3. The third-order valence-corrected chi connectivity index (χ3v) is 7.17. The number of carbonyl (C=O) groups excluding carboxylic acids is 1. The monoisotopic (exact) mass is 471 g/mol. The fourth-order valence-electron chi connectivity index (χ4n) is 4.53. The summed E-state index contributed by atoms with van der Waals surface area (Å²) >= 11 is 1.42. The lowest BCUT2D eigenvalue weighted by Crippen LogP contribution is -2.24. The van der Waals surface area contributed by atoms with Gasteiger partial charge in [0, 0.05) is 5.75 Å². The zero-order chi connectivity index (χ0) is 23.6. The fourth-order valence-corrected chi connectivity index (χ4v) is 5.25. The molecule has 1 aliphatic rings. The average Bonchev–Trinajstić information content (AvgIpc) is 3.06. The van der Waals surface area contributed by atoms with Crippen LogP contribution in [0.2, 0.25) is 0 Å². The van der Waals surface area contributed by atoms with E-state index < -0.39 is 5.97 Å². The Labute approximate surface area is 206 Å². The van der Waals surface area contributed by atoms with Gasteiger partial charge in [-0.1, -0.05) is 66.7 Å². The molecule has 0 unspecified atom stereocenters. The highest BCUT2D eigenvalue weighted by Crippen LogP contribution is 2.40. The summed E-state index contributed by atoms with van der Waals surface area (Å²) in [5.41, 5.74) is 8.03. The molecule has 3 nitrogen and oxygen atoms in total. The summed E-state index contributed by atoms with van der Waals surface area (Å²) in [7, 11) is 0. The minimum absolute atomic E-state index is 0.0791. The highest BCUT2D eigenvalue weighted by molar-refractivity contribution is 7.99. The van der Waals surface area contributed by atoms with Crippen LogP contribution in [0.25, 0.3) is 11.1 Å². The minimum Gasteiger partial charge on any atom is -0.549 e. The molecule has 0 atom stereocenters. The number of aliphatic carboxylic acids is 1. The molecular formula is C30H31O3S-. The van der Waals surface area contributed by atoms with Crippen molar-refractivity contribution in [1.82, 2.24) is 0 Å². The first-order chi connectivity index (χ1) is 16.7. The van der Waals surface area contributed by atoms with E-state index in [2.05, 4.69) is 78.9 Å². The number of thioether (sulfide) groups is 1. The zero-order valence-corrected chi connectivity index (χ0v) is 20.3. The molecule has 3 aromatic rings. The van der Waals surface area contributed by atoms with E-state index in [4.69, 9.17) is 4.74 Å². The third kappa shape index (κ3) is 6.54. The molecule has 4 heteroatoms. The van der Waals surface area contributed by atoms with E-state index in [9.17, 15) is 9.90 Å². The van der Waals surface area contributed by atoms with Crippen LogP contribution in [0.15, 0.2) is 78.9 Å². The first-order valence-corrected chi connectivity index (χ1v) is 13.3. The topological polar surface area (TPSA) is 49.4 Å². The molecule has 0 spiro atoms. The molecule has 3 aromatic carbocycles. The van der Waals surface area contributed by atoms with Crippen molar-refractivity contribution < 1.29 is 14.6 Å². The standard InChI is InChI=1S/C30H32O3S/c31-29(32)22-34-21-8-2-7-20-33-26-18-16-25(17-19-26)30-27-14-6-5-12-24(27)13-9-15-28(30)23-10-3-1-4-11-23/h1,3-6,10-12,14,16-19H,2,7-9,13,15,20-22H2,(H,31,32)/p-1. The maximum absolute atomic E-state index is 10.4. The lowest BCUT2D eigenvalue weighted by atomic mass is 9.88. The van der Waals surface area contributed by atoms with Crippen molar-refractivity contribution in [2.75, 3.05) is 18.1 Å². The van der Waals surface area contributed by atoms with Crippen LogP contribution in [0.3, 0.4) is 0 Å². The molecule has 0 fully saturated rings. The van der Waals surface area contributed by atoms with Gasteiger partial charge in [0.2, 0.25) is 0 Å². The summed E-state index contributed by atoms with van der Waals surface area (Å²) in [4.78, 5) is 10.4. The second-order valence-electron chi connectivity index (χ2n) is 8.59. The number of fused-ring (bicyclic) bond motifs is 1. The highest BCUT2D eigenvalue weighted by Gasteiger charge is 2.19. The Morgan fingerprint density at radius 2 is 1.59 bits per heavy atom. The van der Waals surface area contributed by atoms with E-state index in [1.165, 1.54) is 45.2 Å². The summed E-state index contributed by atoms with van der Waals surface area (Å²) in [5, 5.41) is 10.4. The van der Waals surface area contributed by atoms with Crippen LogP contribution in [-0.4, -0.2) is 24.1 Å². The van der Waals surface area contributed by atoms with Crippen LogP contribution in [0.4, 0.5) is 0 Å². The van der Waals surface area contributed by atoms with Gasteiger partial charge in [0.25, 0.3) is 0 Å². The Morgan fingerprint density at radius 3 is 2.38 bits per heavy atom. The lowest BCUT2D eigenvalue weighted by Gasteiger charge is -2.17. The van der Waals surface area contributed by atoms with Crippen LogP contribution < -0.4 is 9.84 Å². The van der Waals surface area contributed by atoms with Gasteiger partial charge in [-0.3, -0.25) is 0 Å². The maximum atomic E-state index is 10.4. The normalized spacial score (nSPS) is 13.3. The fraction of sp³-hybridized carbons (Fsp3) is 0.300. The second-order valence-corrected chi connectivity index (χ2v) is 9.69. The number of unbranched alkanes of at least 4 members (excludes halogenated alkanes) is 2. The smallest absolute Gasteiger partial charge is 0.119 e. The number of hydrogen-bond acceptors (Lipinski definition) is 4. The van der Waals surface area contributed by atoms with Crippen molar-refractivity contribution in [3.8, 4) is 5.75 Å². The van der Waals surface area contributed by atoms with Crippen molar-refractivity contribution in [3.05, 3.63) is 101 Å². The molecule has 0 saturated carbocycles. The summed E-state index contributed by atoms with van der Waals surface area (Å²) in [6, 6.07) is 28.1. The van der Waals surface area contributed by atoms with Crippen molar-refractivity contribution in [3.63, 3.8) is 0 Å². The van der Waals surface area contributed by atoms with Crippen LogP contribution >= 0.6 is 11.8 Å². The van der Waals surface area contributed by atoms with Gasteiger partial charge in [-0.2, -0.15) is 11.8 Å². The van der Waals surface area contributed by atoms with Crippen molar-refractivity contribution >= 4 is 28.9 Å². The molecule has 0 radical (unpaired) electrons. The van der Waals surface area contributed by atoms with Gasteiger partial charge in [0.1, 0.15) is 5.75 Å². The van der Waals surface area contributed by atoms with Gasteiger partial charge in [-0.05, 0) is 89.8 Å². The van der Waals surface area contributed by atoms with Crippen LogP contribution in [0.5, 0.6) is 5.75 Å². The molecule has 1 aliphatic carbocycles. The number of rotatable bonds is 11. The molecule has 0 aromatic heterocycles. The highest BCUT2D eigenvalue weighted by atomic mass is 32.2. The molecule has 0 saturated heterocycles. The summed E-state index contributed by atoms with van der Waals surface area (Å²) < 4.78 is 5.97. The van der Waals surface area contributed by atoms with E-state index in [0.29, 0.717) is 6.61 Å². The van der Waals surface area contributed by atoms with E-state index in [-0.39, 0.29) is 5.75 Å². The largest absolute Gasteiger partial charge is 0.549 e. The Kier molecular flexibility index (Phi) is 8.86. The first kappa shape index (κ1) is 24.2. The first-order valence-electron chi connectivity index (χ1n) is 12.1. The molecule has 34 heavy (non-hydrogen) atoms. The molecule has 0 N–H and O–H groups in total. The summed E-state index contributed by atoms with van der Waals surface area (Å²) in [6.45, 7) is 0.672. The Hall–Kier alpha value is -2.98. The number of hydrogen-bond donors (Lipinski definition) is 0. The second kappa shape index (κ2) is 12.5. The summed E-state index contributed by atoms with van der Waals surface area (Å²) in [5.74, 6) is 0.827. The van der Waals surface area contributed by atoms with Crippen LogP contribution in [0, 0.1) is 0 Å². The number of aryl methyl sites for hydroxylation is 1. The van der Waals surface area contributed by atoms with Gasteiger partial charge >= 0.3 is 0 Å². The predicted octanol–water partition coefficient (Wildman–Crippen LogP) is 6.01. The number of ether oxygens (including phenoxy) is 1. The molecule has 0 heterocycles. The van der Waals surface area contributed by atoms with Gasteiger partial charge < -0.3 is 14.6 Å². The Balaban J connectivity index is 1.45. The molecular weight excluding hydrogens is 440 g/mol.